The van der Waals surface area contributed by atoms with Crippen LogP contribution in [0.15, 0.2) is 78.2 Å². The normalized spacial score (nSPS) is 10.7. The summed E-state index contributed by atoms with van der Waals surface area (Å²) in [6.07, 6.45) is 3.34. The number of non-ortho nitro benzene ring substituents is 1. The molecular weight excluding hydrogens is 452 g/mol. The van der Waals surface area contributed by atoms with E-state index >= 15 is 0 Å². The van der Waals surface area contributed by atoms with E-state index in [-0.39, 0.29) is 28.1 Å². The second kappa shape index (κ2) is 9.58. The van der Waals surface area contributed by atoms with Crippen molar-refractivity contribution in [2.75, 3.05) is 11.1 Å². The molecule has 11 heteroatoms. The Hall–Kier alpha value is -3.76. The number of hydrogen-bond donors (Lipinski definition) is 1. The second-order valence-electron chi connectivity index (χ2n) is 6.47. The van der Waals surface area contributed by atoms with Crippen molar-refractivity contribution in [3.05, 3.63) is 88.2 Å². The lowest BCUT2D eigenvalue weighted by Gasteiger charge is -2.10. The van der Waals surface area contributed by atoms with Gasteiger partial charge in [-0.25, -0.2) is 0 Å². The molecule has 9 nitrogen and oxygen atoms in total. The average Bonchev–Trinajstić information content (AvgIpc) is 3.24. The lowest BCUT2D eigenvalue weighted by molar-refractivity contribution is -0.384. The zero-order chi connectivity index (χ0) is 22.5. The molecule has 0 bridgehead atoms. The molecule has 0 aliphatic carbocycles. The highest BCUT2D eigenvalue weighted by Crippen LogP contribution is 2.29. The number of nitro benzene ring substituents is 1. The molecule has 0 aliphatic rings. The maximum absolute atomic E-state index is 12.5. The van der Waals surface area contributed by atoms with Crippen LogP contribution in [0.25, 0.3) is 17.1 Å². The topological polar surface area (TPSA) is 116 Å². The molecule has 2 aromatic heterocycles. The van der Waals surface area contributed by atoms with Crippen LogP contribution in [0, 0.1) is 10.1 Å². The molecule has 4 rings (SSSR count). The van der Waals surface area contributed by atoms with E-state index < -0.39 is 4.92 Å². The quantitative estimate of drug-likeness (QED) is 0.240. The van der Waals surface area contributed by atoms with Gasteiger partial charge < -0.3 is 5.32 Å². The summed E-state index contributed by atoms with van der Waals surface area (Å²) in [4.78, 5) is 27.0. The fourth-order valence-corrected chi connectivity index (χ4v) is 3.82. The lowest BCUT2D eigenvalue weighted by atomic mass is 10.2. The van der Waals surface area contributed by atoms with E-state index in [0.29, 0.717) is 11.0 Å². The Morgan fingerprint density at radius 1 is 1.09 bits per heavy atom. The van der Waals surface area contributed by atoms with Gasteiger partial charge in [0, 0.05) is 35.8 Å². The summed E-state index contributed by atoms with van der Waals surface area (Å²) in [7, 11) is 0. The summed E-state index contributed by atoms with van der Waals surface area (Å²) in [5.74, 6) is 0.231. The van der Waals surface area contributed by atoms with Crippen molar-refractivity contribution in [1.29, 1.82) is 0 Å². The van der Waals surface area contributed by atoms with Crippen LogP contribution in [0.2, 0.25) is 5.02 Å². The number of nitrogens with one attached hydrogen (secondary N) is 1. The molecule has 32 heavy (non-hydrogen) atoms. The molecule has 2 heterocycles. The van der Waals surface area contributed by atoms with Crippen molar-refractivity contribution < 1.29 is 9.72 Å². The van der Waals surface area contributed by atoms with Crippen molar-refractivity contribution in [2.24, 2.45) is 0 Å². The number of benzene rings is 2. The van der Waals surface area contributed by atoms with E-state index in [1.807, 2.05) is 47.0 Å². The Labute approximate surface area is 191 Å². The first-order valence-electron chi connectivity index (χ1n) is 9.31. The third kappa shape index (κ3) is 4.76. The summed E-state index contributed by atoms with van der Waals surface area (Å²) in [5.41, 5.74) is 1.68. The van der Waals surface area contributed by atoms with Gasteiger partial charge in [0.25, 0.3) is 5.69 Å². The molecule has 1 amide bonds. The molecule has 0 spiro atoms. The van der Waals surface area contributed by atoms with Crippen LogP contribution >= 0.6 is 23.4 Å². The molecule has 0 atom stereocenters. The minimum absolute atomic E-state index is 0.000330. The van der Waals surface area contributed by atoms with Gasteiger partial charge in [-0.05, 0) is 30.3 Å². The first-order valence-corrected chi connectivity index (χ1v) is 10.7. The van der Waals surface area contributed by atoms with E-state index in [9.17, 15) is 14.9 Å². The van der Waals surface area contributed by atoms with Crippen LogP contribution in [0.4, 0.5) is 11.4 Å². The third-order valence-corrected chi connectivity index (χ3v) is 5.61. The lowest BCUT2D eigenvalue weighted by Crippen LogP contribution is -2.15. The summed E-state index contributed by atoms with van der Waals surface area (Å²) in [6.45, 7) is 0. The van der Waals surface area contributed by atoms with Crippen molar-refractivity contribution in [2.45, 2.75) is 5.16 Å². The fourth-order valence-electron chi connectivity index (χ4n) is 2.90. The highest BCUT2D eigenvalue weighted by Gasteiger charge is 2.18. The third-order valence-electron chi connectivity index (χ3n) is 4.35. The number of pyridine rings is 1. The molecule has 160 valence electrons. The predicted molar refractivity (Wildman–Crippen MR) is 122 cm³/mol. The van der Waals surface area contributed by atoms with Crippen molar-refractivity contribution in [3.8, 4) is 17.1 Å². The summed E-state index contributed by atoms with van der Waals surface area (Å²) >= 11 is 7.25. The van der Waals surface area contributed by atoms with Crippen LogP contribution in [0.3, 0.4) is 0 Å². The molecule has 0 fully saturated rings. The average molecular weight is 467 g/mol. The van der Waals surface area contributed by atoms with Gasteiger partial charge in [-0.3, -0.25) is 24.5 Å². The number of para-hydroxylation sites is 1. The maximum Gasteiger partial charge on any atom is 0.271 e. The molecule has 0 aliphatic heterocycles. The Balaban J connectivity index is 1.56. The standard InChI is InChI=1S/C21H15ClN6O3S/c22-17-7-6-16(28(30)31)12-18(17)24-19(29)13-32-21-26-25-20(14-8-10-23-11-9-14)27(21)15-4-2-1-3-5-15/h1-12H,13H2,(H,24,29). The zero-order valence-corrected chi connectivity index (χ0v) is 18.0. The Bertz CT molecular complexity index is 1270. The number of hydrogen-bond acceptors (Lipinski definition) is 7. The molecule has 0 saturated heterocycles. The second-order valence-corrected chi connectivity index (χ2v) is 7.82. The molecule has 1 N–H and O–H groups in total. The van der Waals surface area contributed by atoms with E-state index in [0.717, 1.165) is 11.3 Å². The SMILES string of the molecule is O=C(CSc1nnc(-c2ccncc2)n1-c1ccccc1)Nc1cc([N+](=O)[O-])ccc1Cl. The van der Waals surface area contributed by atoms with Gasteiger partial charge in [0.1, 0.15) is 0 Å². The van der Waals surface area contributed by atoms with E-state index in [4.69, 9.17) is 11.6 Å². The van der Waals surface area contributed by atoms with Crippen LogP contribution in [-0.2, 0) is 4.79 Å². The van der Waals surface area contributed by atoms with Crippen LogP contribution < -0.4 is 5.32 Å². The van der Waals surface area contributed by atoms with Gasteiger partial charge >= 0.3 is 0 Å². The minimum atomic E-state index is -0.552. The molecule has 0 radical (unpaired) electrons. The Morgan fingerprint density at radius 2 is 1.84 bits per heavy atom. The summed E-state index contributed by atoms with van der Waals surface area (Å²) in [6, 6.07) is 17.1. The zero-order valence-electron chi connectivity index (χ0n) is 16.4. The number of halogens is 1. The maximum atomic E-state index is 12.5. The number of anilines is 1. The van der Waals surface area contributed by atoms with E-state index in [2.05, 4.69) is 20.5 Å². The highest BCUT2D eigenvalue weighted by atomic mass is 35.5. The van der Waals surface area contributed by atoms with Gasteiger partial charge in [-0.2, -0.15) is 0 Å². The molecule has 0 unspecified atom stereocenters. The van der Waals surface area contributed by atoms with Crippen LogP contribution in [-0.4, -0.2) is 36.3 Å². The number of amides is 1. The summed E-state index contributed by atoms with van der Waals surface area (Å²) in [5, 5.41) is 22.9. The van der Waals surface area contributed by atoms with Gasteiger partial charge in [-0.1, -0.05) is 41.6 Å². The van der Waals surface area contributed by atoms with E-state index in [1.165, 1.54) is 30.0 Å². The first-order chi connectivity index (χ1) is 15.5. The minimum Gasteiger partial charge on any atom is -0.324 e. The smallest absolute Gasteiger partial charge is 0.271 e. The number of nitro groups is 1. The molecule has 0 saturated carbocycles. The van der Waals surface area contributed by atoms with Gasteiger partial charge in [0.15, 0.2) is 11.0 Å². The van der Waals surface area contributed by atoms with Gasteiger partial charge in [-0.15, -0.1) is 10.2 Å². The number of carbonyl (C=O) groups excluding carboxylic acids is 1. The number of nitrogens with zero attached hydrogens (tertiary/aromatic N) is 5. The predicted octanol–water partition coefficient (Wildman–Crippen LogP) is 4.62. The van der Waals surface area contributed by atoms with Crippen molar-refractivity contribution >= 4 is 40.6 Å². The van der Waals surface area contributed by atoms with Crippen molar-refractivity contribution in [3.63, 3.8) is 0 Å². The number of thioether (sulfide) groups is 1. The van der Waals surface area contributed by atoms with Gasteiger partial charge in [0.05, 0.1) is 21.4 Å². The highest BCUT2D eigenvalue weighted by molar-refractivity contribution is 7.99. The van der Waals surface area contributed by atoms with Crippen molar-refractivity contribution in [1.82, 2.24) is 19.7 Å². The van der Waals surface area contributed by atoms with Crippen LogP contribution in [0.5, 0.6) is 0 Å². The first kappa shape index (κ1) is 21.5. The largest absolute Gasteiger partial charge is 0.324 e. The Morgan fingerprint density at radius 3 is 2.56 bits per heavy atom. The number of carbonyl (C=O) groups is 1. The van der Waals surface area contributed by atoms with Gasteiger partial charge in [0.2, 0.25) is 5.91 Å². The number of rotatable bonds is 7. The molecule has 2 aromatic carbocycles. The summed E-state index contributed by atoms with van der Waals surface area (Å²) < 4.78 is 1.85. The molecular formula is C21H15ClN6O3S. The number of aromatic nitrogens is 4. The monoisotopic (exact) mass is 466 g/mol. The Kier molecular flexibility index (Phi) is 6.43. The van der Waals surface area contributed by atoms with Crippen LogP contribution in [0.1, 0.15) is 0 Å². The fraction of sp³-hybridized carbons (Fsp3) is 0.0476. The molecule has 4 aromatic rings. The van der Waals surface area contributed by atoms with E-state index in [1.54, 1.807) is 12.4 Å².